The van der Waals surface area contributed by atoms with Crippen molar-refractivity contribution in [1.82, 2.24) is 35.2 Å². The van der Waals surface area contributed by atoms with E-state index in [1.807, 2.05) is 38.1 Å². The van der Waals surface area contributed by atoms with Crippen molar-refractivity contribution in [3.63, 3.8) is 0 Å². The molecule has 0 saturated heterocycles. The van der Waals surface area contributed by atoms with Gasteiger partial charge in [-0.3, -0.25) is 0 Å². The smallest absolute Gasteiger partial charge is 0.205 e. The van der Waals surface area contributed by atoms with Crippen LogP contribution in [0.15, 0.2) is 48.5 Å². The Bertz CT molecular complexity index is 1590. The molecule has 1 aliphatic rings. The predicted octanol–water partition coefficient (Wildman–Crippen LogP) is 5.37. The van der Waals surface area contributed by atoms with Gasteiger partial charge in [-0.1, -0.05) is 63.2 Å². The Hall–Kier alpha value is -3.91. The highest BCUT2D eigenvalue weighted by molar-refractivity contribution is 5.81. The van der Waals surface area contributed by atoms with Gasteiger partial charge in [0.2, 0.25) is 5.82 Å². The van der Waals surface area contributed by atoms with E-state index < -0.39 is 6.10 Å². The van der Waals surface area contributed by atoms with Gasteiger partial charge in [0.15, 0.2) is 5.65 Å². The SMILES string of the molecule is CCc1nc2c(C)cc(C(O)C(C)C)nc2n1C1CCc2cc(-c3ccccc3-c3nn[nH]n3)ccc21. The molecule has 0 spiro atoms. The molecule has 0 bridgehead atoms. The second-order valence-electron chi connectivity index (χ2n) is 10.2. The van der Waals surface area contributed by atoms with Crippen LogP contribution in [0.3, 0.4) is 0 Å². The van der Waals surface area contributed by atoms with Crippen LogP contribution in [-0.2, 0) is 12.8 Å². The normalized spacial score (nSPS) is 16.0. The highest BCUT2D eigenvalue weighted by Crippen LogP contribution is 2.41. The number of aryl methyl sites for hydroxylation is 3. The summed E-state index contributed by atoms with van der Waals surface area (Å²) in [4.78, 5) is 9.97. The number of nitrogens with one attached hydrogen (secondary N) is 1. The van der Waals surface area contributed by atoms with Crippen molar-refractivity contribution in [2.75, 3.05) is 0 Å². The molecule has 0 amide bonds. The first-order valence-electron chi connectivity index (χ1n) is 13.0. The summed E-state index contributed by atoms with van der Waals surface area (Å²) in [6.07, 6.45) is 2.18. The Kier molecular flexibility index (Phi) is 5.83. The number of fused-ring (bicyclic) bond motifs is 2. The van der Waals surface area contributed by atoms with Gasteiger partial charge >= 0.3 is 0 Å². The minimum atomic E-state index is -0.603. The minimum Gasteiger partial charge on any atom is -0.387 e. The molecule has 1 aliphatic carbocycles. The van der Waals surface area contributed by atoms with Crippen molar-refractivity contribution < 1.29 is 5.11 Å². The molecule has 2 atom stereocenters. The molecule has 2 aromatic carbocycles. The molecule has 0 fully saturated rings. The maximum absolute atomic E-state index is 10.8. The third-order valence-corrected chi connectivity index (χ3v) is 7.51. The topological polar surface area (TPSA) is 105 Å². The highest BCUT2D eigenvalue weighted by Gasteiger charge is 2.29. The number of H-pyrrole nitrogens is 1. The maximum atomic E-state index is 10.8. The summed E-state index contributed by atoms with van der Waals surface area (Å²) >= 11 is 0. The van der Waals surface area contributed by atoms with Crippen molar-refractivity contribution in [3.05, 3.63) is 76.7 Å². The van der Waals surface area contributed by atoms with Gasteiger partial charge < -0.3 is 9.67 Å². The summed E-state index contributed by atoms with van der Waals surface area (Å²) in [5.74, 6) is 1.71. The van der Waals surface area contributed by atoms with E-state index >= 15 is 0 Å². The summed E-state index contributed by atoms with van der Waals surface area (Å²) in [6.45, 7) is 8.24. The molecule has 2 unspecified atom stereocenters. The van der Waals surface area contributed by atoms with Crippen LogP contribution in [0.1, 0.15) is 67.5 Å². The Morgan fingerprint density at radius 3 is 2.62 bits per heavy atom. The number of aliphatic hydroxyl groups excluding tert-OH is 1. The van der Waals surface area contributed by atoms with Gasteiger partial charge in [-0.2, -0.15) is 5.21 Å². The van der Waals surface area contributed by atoms with Crippen molar-refractivity contribution in [2.45, 2.75) is 59.1 Å². The monoisotopic (exact) mass is 493 g/mol. The molecule has 8 heteroatoms. The molecule has 8 nitrogen and oxygen atoms in total. The van der Waals surface area contributed by atoms with Crippen LogP contribution >= 0.6 is 0 Å². The lowest BCUT2D eigenvalue weighted by Gasteiger charge is -2.19. The van der Waals surface area contributed by atoms with E-state index in [2.05, 4.69) is 63.3 Å². The van der Waals surface area contributed by atoms with Crippen molar-refractivity contribution in [1.29, 1.82) is 0 Å². The van der Waals surface area contributed by atoms with Crippen LogP contribution in [0, 0.1) is 12.8 Å². The predicted molar refractivity (Wildman–Crippen MR) is 143 cm³/mol. The molecule has 188 valence electrons. The summed E-state index contributed by atoms with van der Waals surface area (Å²) in [6, 6.07) is 17.0. The van der Waals surface area contributed by atoms with Crippen LogP contribution in [0.5, 0.6) is 0 Å². The van der Waals surface area contributed by atoms with Gasteiger partial charge in [0.05, 0.1) is 17.8 Å². The number of hydrogen-bond acceptors (Lipinski definition) is 6. The highest BCUT2D eigenvalue weighted by atomic mass is 16.3. The third kappa shape index (κ3) is 3.92. The van der Waals surface area contributed by atoms with Gasteiger partial charge in [-0.05, 0) is 64.8 Å². The van der Waals surface area contributed by atoms with E-state index in [9.17, 15) is 5.11 Å². The van der Waals surface area contributed by atoms with Crippen molar-refractivity contribution >= 4 is 11.2 Å². The van der Waals surface area contributed by atoms with Crippen LogP contribution < -0.4 is 0 Å². The summed E-state index contributed by atoms with van der Waals surface area (Å²) in [5, 5.41) is 25.5. The summed E-state index contributed by atoms with van der Waals surface area (Å²) in [7, 11) is 0. The lowest BCUT2D eigenvalue weighted by molar-refractivity contribution is 0.122. The lowest BCUT2D eigenvalue weighted by atomic mass is 9.96. The molecule has 37 heavy (non-hydrogen) atoms. The average molecular weight is 494 g/mol. The maximum Gasteiger partial charge on any atom is 0.205 e. The van der Waals surface area contributed by atoms with E-state index in [-0.39, 0.29) is 12.0 Å². The molecule has 5 aromatic rings. The van der Waals surface area contributed by atoms with Gasteiger partial charge in [-0.25, -0.2) is 9.97 Å². The number of benzene rings is 2. The molecular weight excluding hydrogens is 462 g/mol. The van der Waals surface area contributed by atoms with Gasteiger partial charge in [0.1, 0.15) is 11.3 Å². The van der Waals surface area contributed by atoms with E-state index in [1.54, 1.807) is 0 Å². The number of aromatic nitrogens is 7. The minimum absolute atomic E-state index is 0.0901. The lowest BCUT2D eigenvalue weighted by Crippen LogP contribution is -2.13. The van der Waals surface area contributed by atoms with Crippen molar-refractivity contribution in [2.24, 2.45) is 5.92 Å². The van der Waals surface area contributed by atoms with E-state index in [4.69, 9.17) is 9.97 Å². The summed E-state index contributed by atoms with van der Waals surface area (Å²) < 4.78 is 2.32. The van der Waals surface area contributed by atoms with Crippen LogP contribution in [0.4, 0.5) is 0 Å². The first kappa shape index (κ1) is 23.5. The Labute approximate surface area is 215 Å². The fourth-order valence-corrected chi connectivity index (χ4v) is 5.59. The van der Waals surface area contributed by atoms with E-state index in [0.29, 0.717) is 5.82 Å². The molecule has 3 aromatic heterocycles. The molecule has 6 rings (SSSR count). The number of pyridine rings is 1. The molecule has 0 radical (unpaired) electrons. The van der Waals surface area contributed by atoms with Gasteiger partial charge in [-0.15, -0.1) is 10.2 Å². The third-order valence-electron chi connectivity index (χ3n) is 7.51. The fraction of sp³-hybridized carbons (Fsp3) is 0.345. The first-order valence-corrected chi connectivity index (χ1v) is 13.0. The van der Waals surface area contributed by atoms with Crippen molar-refractivity contribution in [3.8, 4) is 22.5 Å². The second kappa shape index (κ2) is 9.19. The number of hydrogen-bond donors (Lipinski definition) is 2. The van der Waals surface area contributed by atoms with Crippen LogP contribution in [0.2, 0.25) is 0 Å². The Morgan fingerprint density at radius 2 is 1.89 bits per heavy atom. The number of aromatic amines is 1. The second-order valence-corrected chi connectivity index (χ2v) is 10.2. The largest absolute Gasteiger partial charge is 0.387 e. The fourth-order valence-electron chi connectivity index (χ4n) is 5.59. The molecule has 3 heterocycles. The number of rotatable bonds is 6. The van der Waals surface area contributed by atoms with Crippen LogP contribution in [0.25, 0.3) is 33.7 Å². The quantitative estimate of drug-likeness (QED) is 0.329. The number of imidazole rings is 1. The number of nitrogens with zero attached hydrogens (tertiary/aromatic N) is 6. The van der Waals surface area contributed by atoms with Gasteiger partial charge in [0, 0.05) is 12.0 Å². The Morgan fingerprint density at radius 1 is 1.08 bits per heavy atom. The van der Waals surface area contributed by atoms with E-state index in [1.165, 1.54) is 11.1 Å². The standard InChI is InChI=1S/C29H31N7O/c1-5-25-31-26-17(4)14-23(27(37)16(2)3)30-29(26)36(25)24-13-11-19-15-18(10-12-21(19)24)20-8-6-7-9-22(20)28-32-34-35-33-28/h6-10,12,14-16,24,27,37H,5,11,13H2,1-4H3,(H,32,33,34,35). The molecule has 0 saturated carbocycles. The zero-order chi connectivity index (χ0) is 25.7. The van der Waals surface area contributed by atoms with Gasteiger partial charge in [0.25, 0.3) is 0 Å². The molecule has 2 N–H and O–H groups in total. The zero-order valence-corrected chi connectivity index (χ0v) is 21.6. The zero-order valence-electron chi connectivity index (χ0n) is 21.6. The number of aliphatic hydroxyl groups is 1. The average Bonchev–Trinajstić information content (AvgIpc) is 3.66. The number of tetrazole rings is 1. The Balaban J connectivity index is 1.45. The summed E-state index contributed by atoms with van der Waals surface area (Å²) in [5.41, 5.74) is 9.40. The molecule has 0 aliphatic heterocycles. The molecular formula is C29H31N7O. The van der Waals surface area contributed by atoms with Crippen LogP contribution in [-0.4, -0.2) is 40.3 Å². The first-order chi connectivity index (χ1) is 18.0. The van der Waals surface area contributed by atoms with E-state index in [0.717, 1.165) is 64.2 Å².